The van der Waals surface area contributed by atoms with E-state index in [0.717, 1.165) is 43.3 Å². The summed E-state index contributed by atoms with van der Waals surface area (Å²) in [7, 11) is 5.44. The first-order chi connectivity index (χ1) is 10.3. The molecular weight excluding hydrogens is 279 g/mol. The van der Waals surface area contributed by atoms with Gasteiger partial charge in [-0.2, -0.15) is 0 Å². The second-order valence-electron chi connectivity index (χ2n) is 4.90. The van der Waals surface area contributed by atoms with Crippen molar-refractivity contribution in [3.05, 3.63) is 35.7 Å². The molecule has 2 rings (SSSR count). The molecule has 1 heterocycles. The molecule has 0 aliphatic carbocycles. The molecule has 0 spiro atoms. The van der Waals surface area contributed by atoms with Crippen LogP contribution in [0.2, 0.25) is 6.32 Å². The summed E-state index contributed by atoms with van der Waals surface area (Å²) in [4.78, 5) is 16.3. The highest BCUT2D eigenvalue weighted by molar-refractivity contribution is 7.14. The number of carbonyl (C=O) groups is 1. The summed E-state index contributed by atoms with van der Waals surface area (Å²) in [5.74, 6) is 0.0386. The van der Waals surface area contributed by atoms with Gasteiger partial charge in [0, 0.05) is 17.4 Å². The van der Waals surface area contributed by atoms with Crippen LogP contribution in [0.5, 0.6) is 0 Å². The molecule has 2 aromatic rings. The molecule has 2 radical (unpaired) electrons. The first kappa shape index (κ1) is 15.8. The molecule has 0 fully saturated rings. The topological polar surface area (TPSA) is 42.0 Å². The van der Waals surface area contributed by atoms with E-state index in [9.17, 15) is 4.79 Å². The Morgan fingerprint density at radius 2 is 1.90 bits per heavy atom. The molecule has 108 valence electrons. The van der Waals surface area contributed by atoms with Crippen molar-refractivity contribution in [2.45, 2.75) is 38.4 Å². The van der Waals surface area contributed by atoms with Gasteiger partial charge in [-0.1, -0.05) is 55.9 Å². The minimum absolute atomic E-state index is 0.0386. The first-order valence-electron chi connectivity index (χ1n) is 7.30. The van der Waals surface area contributed by atoms with Crippen LogP contribution in [0.4, 0.5) is 5.13 Å². The number of hydrogen-bond acceptors (Lipinski definition) is 3. The Morgan fingerprint density at radius 3 is 2.67 bits per heavy atom. The van der Waals surface area contributed by atoms with E-state index >= 15 is 0 Å². The van der Waals surface area contributed by atoms with Gasteiger partial charge in [-0.3, -0.25) is 4.79 Å². The summed E-state index contributed by atoms with van der Waals surface area (Å²) in [5, 5.41) is 5.50. The Bertz CT molecular complexity index is 556. The number of unbranched alkanes of at least 4 members (excludes halogenated alkanes) is 3. The Balaban J connectivity index is 1.78. The van der Waals surface area contributed by atoms with Crippen LogP contribution in [-0.2, 0) is 4.79 Å². The molecule has 0 unspecified atom stereocenters. The van der Waals surface area contributed by atoms with Gasteiger partial charge in [-0.05, 0) is 6.42 Å². The second kappa shape index (κ2) is 8.62. The Labute approximate surface area is 131 Å². The number of rotatable bonds is 8. The van der Waals surface area contributed by atoms with Gasteiger partial charge in [0.15, 0.2) is 5.13 Å². The lowest BCUT2D eigenvalue weighted by molar-refractivity contribution is -0.116. The van der Waals surface area contributed by atoms with Crippen molar-refractivity contribution in [2.24, 2.45) is 0 Å². The summed E-state index contributed by atoms with van der Waals surface area (Å²) in [5.41, 5.74) is 1.97. The summed E-state index contributed by atoms with van der Waals surface area (Å²) in [6.45, 7) is 0. The van der Waals surface area contributed by atoms with Crippen molar-refractivity contribution in [2.75, 3.05) is 5.32 Å². The van der Waals surface area contributed by atoms with E-state index in [1.165, 1.54) is 11.3 Å². The SMILES string of the molecule is [B]CCCCCCC(=O)Nc1nc(-c2ccccc2)cs1. The van der Waals surface area contributed by atoms with E-state index in [1.54, 1.807) is 0 Å². The number of hydrogen-bond donors (Lipinski definition) is 1. The molecule has 0 bridgehead atoms. The van der Waals surface area contributed by atoms with Crippen LogP contribution in [-0.4, -0.2) is 18.7 Å². The molecule has 1 amide bonds. The standard InChI is InChI=1S/C16H19BN2OS/c17-11-7-2-1-6-10-15(20)19-16-18-14(12-21-16)13-8-4-3-5-9-13/h3-5,8-9,12H,1-2,6-7,10-11H2,(H,18,19,20). The number of aromatic nitrogens is 1. The molecule has 0 aliphatic heterocycles. The van der Waals surface area contributed by atoms with Crippen molar-refractivity contribution in [1.29, 1.82) is 0 Å². The smallest absolute Gasteiger partial charge is 0.226 e. The molecule has 1 aromatic heterocycles. The fourth-order valence-electron chi connectivity index (χ4n) is 2.04. The van der Waals surface area contributed by atoms with E-state index in [2.05, 4.69) is 10.3 Å². The van der Waals surface area contributed by atoms with Gasteiger partial charge in [-0.15, -0.1) is 11.3 Å². The Kier molecular flexibility index (Phi) is 6.47. The maximum Gasteiger partial charge on any atom is 0.226 e. The summed E-state index contributed by atoms with van der Waals surface area (Å²) in [6, 6.07) is 9.96. The number of amides is 1. The minimum atomic E-state index is 0.0386. The molecule has 0 saturated heterocycles. The number of anilines is 1. The lowest BCUT2D eigenvalue weighted by atomic mass is 9.98. The van der Waals surface area contributed by atoms with Gasteiger partial charge in [-0.25, -0.2) is 4.98 Å². The quantitative estimate of drug-likeness (QED) is 0.583. The van der Waals surface area contributed by atoms with E-state index in [0.29, 0.717) is 11.6 Å². The van der Waals surface area contributed by atoms with Crippen LogP contribution in [0.1, 0.15) is 32.1 Å². The van der Waals surface area contributed by atoms with Crippen molar-refractivity contribution in [3.8, 4) is 11.3 Å². The first-order valence-corrected chi connectivity index (χ1v) is 8.18. The van der Waals surface area contributed by atoms with Crippen LogP contribution in [0.25, 0.3) is 11.3 Å². The molecule has 1 N–H and O–H groups in total. The Morgan fingerprint density at radius 1 is 1.14 bits per heavy atom. The van der Waals surface area contributed by atoms with E-state index in [4.69, 9.17) is 7.85 Å². The highest BCUT2D eigenvalue weighted by Gasteiger charge is 2.07. The molecule has 0 saturated carbocycles. The van der Waals surface area contributed by atoms with E-state index < -0.39 is 0 Å². The number of thiazole rings is 1. The normalized spacial score (nSPS) is 10.5. The fourth-order valence-corrected chi connectivity index (χ4v) is 2.77. The maximum atomic E-state index is 11.8. The highest BCUT2D eigenvalue weighted by Crippen LogP contribution is 2.24. The molecular formula is C16H19BN2OS. The monoisotopic (exact) mass is 298 g/mol. The van der Waals surface area contributed by atoms with Gasteiger partial charge in [0.1, 0.15) is 0 Å². The second-order valence-corrected chi connectivity index (χ2v) is 5.76. The van der Waals surface area contributed by atoms with Crippen LogP contribution in [0.15, 0.2) is 35.7 Å². The van der Waals surface area contributed by atoms with Crippen molar-refractivity contribution < 1.29 is 4.79 Å². The number of carbonyl (C=O) groups excluding carboxylic acids is 1. The number of benzene rings is 1. The molecule has 3 nitrogen and oxygen atoms in total. The van der Waals surface area contributed by atoms with Gasteiger partial charge in [0.05, 0.1) is 13.5 Å². The molecule has 0 atom stereocenters. The van der Waals surface area contributed by atoms with Gasteiger partial charge < -0.3 is 5.32 Å². The predicted molar refractivity (Wildman–Crippen MR) is 89.8 cm³/mol. The van der Waals surface area contributed by atoms with Crippen LogP contribution in [0, 0.1) is 0 Å². The minimum Gasteiger partial charge on any atom is -0.302 e. The van der Waals surface area contributed by atoms with E-state index in [1.807, 2.05) is 35.7 Å². The molecule has 5 heteroatoms. The summed E-state index contributed by atoms with van der Waals surface area (Å²) >= 11 is 1.46. The highest BCUT2D eigenvalue weighted by atomic mass is 32.1. The summed E-state index contributed by atoms with van der Waals surface area (Å²) < 4.78 is 0. The van der Waals surface area contributed by atoms with Crippen LogP contribution in [0.3, 0.4) is 0 Å². The third kappa shape index (κ3) is 5.35. The maximum absolute atomic E-state index is 11.8. The number of nitrogens with zero attached hydrogens (tertiary/aromatic N) is 1. The zero-order valence-electron chi connectivity index (χ0n) is 12.0. The average Bonchev–Trinajstić information content (AvgIpc) is 2.96. The fraction of sp³-hybridized carbons (Fsp3) is 0.375. The summed E-state index contributed by atoms with van der Waals surface area (Å²) in [6.07, 6.45) is 5.37. The van der Waals surface area contributed by atoms with Gasteiger partial charge in [0.2, 0.25) is 5.91 Å². The zero-order chi connectivity index (χ0) is 14.9. The van der Waals surface area contributed by atoms with Crippen molar-refractivity contribution in [1.82, 2.24) is 4.98 Å². The van der Waals surface area contributed by atoms with Gasteiger partial charge >= 0.3 is 0 Å². The predicted octanol–water partition coefficient (Wildman–Crippen LogP) is 4.29. The molecule has 21 heavy (non-hydrogen) atoms. The van der Waals surface area contributed by atoms with Crippen molar-refractivity contribution >= 4 is 30.2 Å². The molecule has 1 aromatic carbocycles. The number of nitrogens with one attached hydrogen (secondary N) is 1. The lowest BCUT2D eigenvalue weighted by Crippen LogP contribution is -2.10. The van der Waals surface area contributed by atoms with Crippen LogP contribution >= 0.6 is 11.3 Å². The van der Waals surface area contributed by atoms with Crippen LogP contribution < -0.4 is 5.32 Å². The largest absolute Gasteiger partial charge is 0.302 e. The third-order valence-electron chi connectivity index (χ3n) is 3.18. The Hall–Kier alpha value is -1.62. The average molecular weight is 298 g/mol. The van der Waals surface area contributed by atoms with Crippen molar-refractivity contribution in [3.63, 3.8) is 0 Å². The third-order valence-corrected chi connectivity index (χ3v) is 3.94. The zero-order valence-corrected chi connectivity index (χ0v) is 12.9. The molecule has 0 aliphatic rings. The lowest BCUT2D eigenvalue weighted by Gasteiger charge is -2.01. The van der Waals surface area contributed by atoms with E-state index in [-0.39, 0.29) is 5.91 Å². The van der Waals surface area contributed by atoms with Gasteiger partial charge in [0.25, 0.3) is 0 Å².